The SMILES string of the molecule is Cc1ccc(-c2nn3c(C)nnc3s2)cc1NC(=O)/C=C/c1ccc(-c2ccc(Cl)cc2Cl)o1. The van der Waals surface area contributed by atoms with Crippen LogP contribution in [-0.2, 0) is 4.79 Å². The predicted molar refractivity (Wildman–Crippen MR) is 135 cm³/mol. The molecule has 0 atom stereocenters. The zero-order chi connectivity index (χ0) is 23.8. The quantitative estimate of drug-likeness (QED) is 0.266. The molecule has 0 bridgehead atoms. The molecule has 0 saturated heterocycles. The molecule has 0 radical (unpaired) electrons. The molecule has 7 nitrogen and oxygen atoms in total. The second-order valence-electron chi connectivity index (χ2n) is 7.53. The van der Waals surface area contributed by atoms with Crippen LogP contribution in [0.15, 0.2) is 59.0 Å². The van der Waals surface area contributed by atoms with Crippen molar-refractivity contribution < 1.29 is 9.21 Å². The molecule has 2 aromatic carbocycles. The number of benzene rings is 2. The number of fused-ring (bicyclic) bond motifs is 1. The number of furan rings is 1. The standard InChI is InChI=1S/C24H17Cl2N5O2S/c1-13-3-4-15(23-30-31-14(2)28-29-24(31)34-23)11-20(13)27-22(32)10-7-17-6-9-21(33-17)18-8-5-16(25)12-19(18)26/h3-12H,1-2H3,(H,27,32)/b10-7+. The number of rotatable bonds is 5. The van der Waals surface area contributed by atoms with Crippen molar-refractivity contribution in [3.8, 4) is 21.9 Å². The third kappa shape index (κ3) is 4.48. The molecule has 3 aromatic heterocycles. The van der Waals surface area contributed by atoms with Gasteiger partial charge < -0.3 is 9.73 Å². The third-order valence-electron chi connectivity index (χ3n) is 5.11. The minimum Gasteiger partial charge on any atom is -0.457 e. The van der Waals surface area contributed by atoms with Crippen LogP contribution < -0.4 is 5.32 Å². The summed E-state index contributed by atoms with van der Waals surface area (Å²) >= 11 is 13.6. The van der Waals surface area contributed by atoms with Crippen LogP contribution in [0.3, 0.4) is 0 Å². The van der Waals surface area contributed by atoms with Crippen LogP contribution in [0.2, 0.25) is 10.0 Å². The Balaban J connectivity index is 1.32. The predicted octanol–water partition coefficient (Wildman–Crippen LogP) is 6.69. The van der Waals surface area contributed by atoms with E-state index < -0.39 is 0 Å². The van der Waals surface area contributed by atoms with Crippen LogP contribution in [-0.4, -0.2) is 25.7 Å². The van der Waals surface area contributed by atoms with E-state index >= 15 is 0 Å². The maximum Gasteiger partial charge on any atom is 0.248 e. The van der Waals surface area contributed by atoms with Gasteiger partial charge in [-0.2, -0.15) is 9.61 Å². The van der Waals surface area contributed by atoms with E-state index in [2.05, 4.69) is 20.6 Å². The molecule has 0 spiro atoms. The Kier molecular flexibility index (Phi) is 5.95. The highest BCUT2D eigenvalue weighted by molar-refractivity contribution is 7.19. The summed E-state index contributed by atoms with van der Waals surface area (Å²) in [6.45, 7) is 3.78. The first-order chi connectivity index (χ1) is 16.4. The molecule has 0 saturated carbocycles. The van der Waals surface area contributed by atoms with Gasteiger partial charge in [-0.3, -0.25) is 4.79 Å². The van der Waals surface area contributed by atoms with Gasteiger partial charge in [-0.25, -0.2) is 0 Å². The van der Waals surface area contributed by atoms with Crippen molar-refractivity contribution in [3.05, 3.63) is 81.8 Å². The monoisotopic (exact) mass is 509 g/mol. The lowest BCUT2D eigenvalue weighted by molar-refractivity contribution is -0.111. The number of carbonyl (C=O) groups excluding carboxylic acids is 1. The van der Waals surface area contributed by atoms with Gasteiger partial charge >= 0.3 is 0 Å². The molecule has 1 N–H and O–H groups in total. The molecule has 170 valence electrons. The summed E-state index contributed by atoms with van der Waals surface area (Å²) in [6.07, 6.45) is 3.03. The molecular weight excluding hydrogens is 493 g/mol. The molecule has 0 aliphatic carbocycles. The Morgan fingerprint density at radius 3 is 2.74 bits per heavy atom. The van der Waals surface area contributed by atoms with Crippen molar-refractivity contribution in [2.24, 2.45) is 0 Å². The fourth-order valence-corrected chi connectivity index (χ4v) is 4.71. The second-order valence-corrected chi connectivity index (χ2v) is 9.33. The molecule has 0 aliphatic heterocycles. The van der Waals surface area contributed by atoms with Crippen LogP contribution in [0.4, 0.5) is 5.69 Å². The zero-order valence-corrected chi connectivity index (χ0v) is 20.4. The van der Waals surface area contributed by atoms with E-state index in [1.165, 1.54) is 17.4 Å². The summed E-state index contributed by atoms with van der Waals surface area (Å²) in [5.41, 5.74) is 3.24. The Bertz CT molecular complexity index is 1570. The van der Waals surface area contributed by atoms with Crippen LogP contribution in [0.1, 0.15) is 17.1 Å². The van der Waals surface area contributed by atoms with Gasteiger partial charge in [0.05, 0.1) is 5.02 Å². The first kappa shape index (κ1) is 22.3. The lowest BCUT2D eigenvalue weighted by atomic mass is 10.1. The van der Waals surface area contributed by atoms with Crippen molar-refractivity contribution in [1.82, 2.24) is 19.8 Å². The van der Waals surface area contributed by atoms with Gasteiger partial charge in [0.25, 0.3) is 0 Å². The number of amides is 1. The fourth-order valence-electron chi connectivity index (χ4n) is 3.33. The molecule has 5 aromatic rings. The molecular formula is C24H17Cl2N5O2S. The summed E-state index contributed by atoms with van der Waals surface area (Å²) < 4.78 is 7.51. The Morgan fingerprint density at radius 2 is 1.94 bits per heavy atom. The van der Waals surface area contributed by atoms with E-state index in [0.717, 1.165) is 32.5 Å². The Morgan fingerprint density at radius 1 is 1.09 bits per heavy atom. The first-order valence-electron chi connectivity index (χ1n) is 10.2. The average Bonchev–Trinajstić information content (AvgIpc) is 3.52. The minimum absolute atomic E-state index is 0.281. The summed E-state index contributed by atoms with van der Waals surface area (Å²) in [7, 11) is 0. The highest BCUT2D eigenvalue weighted by Gasteiger charge is 2.13. The Labute approximate surface area is 208 Å². The van der Waals surface area contributed by atoms with E-state index in [9.17, 15) is 4.79 Å². The van der Waals surface area contributed by atoms with Crippen LogP contribution in [0, 0.1) is 13.8 Å². The smallest absolute Gasteiger partial charge is 0.248 e. The topological polar surface area (TPSA) is 85.3 Å². The van der Waals surface area contributed by atoms with E-state index in [-0.39, 0.29) is 5.91 Å². The number of nitrogens with one attached hydrogen (secondary N) is 1. The number of aromatic nitrogens is 4. The lowest BCUT2D eigenvalue weighted by Gasteiger charge is -2.08. The van der Waals surface area contributed by atoms with Crippen molar-refractivity contribution >= 4 is 57.2 Å². The van der Waals surface area contributed by atoms with Crippen LogP contribution in [0.25, 0.3) is 32.9 Å². The number of hydrogen-bond donors (Lipinski definition) is 1. The molecule has 0 aliphatic rings. The molecule has 3 heterocycles. The normalized spacial score (nSPS) is 11.5. The van der Waals surface area contributed by atoms with Gasteiger partial charge in [-0.15, -0.1) is 10.2 Å². The number of anilines is 1. The van der Waals surface area contributed by atoms with Gasteiger partial charge in [0.15, 0.2) is 5.82 Å². The second kappa shape index (κ2) is 9.06. The third-order valence-corrected chi connectivity index (χ3v) is 6.61. The van der Waals surface area contributed by atoms with Gasteiger partial charge in [-0.1, -0.05) is 46.7 Å². The molecule has 1 amide bonds. The van der Waals surface area contributed by atoms with E-state index in [4.69, 9.17) is 27.6 Å². The summed E-state index contributed by atoms with van der Waals surface area (Å²) in [6, 6.07) is 14.6. The minimum atomic E-state index is -0.281. The van der Waals surface area contributed by atoms with Crippen molar-refractivity contribution in [2.75, 3.05) is 5.32 Å². The van der Waals surface area contributed by atoms with Crippen LogP contribution in [0.5, 0.6) is 0 Å². The molecule has 10 heteroatoms. The largest absolute Gasteiger partial charge is 0.457 e. The first-order valence-corrected chi connectivity index (χ1v) is 11.8. The summed E-state index contributed by atoms with van der Waals surface area (Å²) in [5, 5.41) is 17.4. The maximum atomic E-state index is 12.6. The van der Waals surface area contributed by atoms with E-state index in [1.807, 2.05) is 32.0 Å². The molecule has 0 fully saturated rings. The molecule has 0 unspecified atom stereocenters. The number of halogens is 2. The van der Waals surface area contributed by atoms with Crippen molar-refractivity contribution in [1.29, 1.82) is 0 Å². The summed E-state index contributed by atoms with van der Waals surface area (Å²) in [5.74, 6) is 1.56. The number of aryl methyl sites for hydroxylation is 2. The fraction of sp³-hybridized carbons (Fsp3) is 0.0833. The average molecular weight is 510 g/mol. The molecule has 5 rings (SSSR count). The highest BCUT2D eigenvalue weighted by atomic mass is 35.5. The van der Waals surface area contributed by atoms with Gasteiger partial charge in [0.2, 0.25) is 10.9 Å². The maximum absolute atomic E-state index is 12.6. The zero-order valence-electron chi connectivity index (χ0n) is 18.0. The summed E-state index contributed by atoms with van der Waals surface area (Å²) in [4.78, 5) is 13.3. The van der Waals surface area contributed by atoms with E-state index in [0.29, 0.717) is 27.3 Å². The van der Waals surface area contributed by atoms with Crippen LogP contribution >= 0.6 is 34.5 Å². The van der Waals surface area contributed by atoms with Gasteiger partial charge in [0.1, 0.15) is 16.5 Å². The number of carbonyl (C=O) groups is 1. The Hall–Kier alpha value is -3.46. The number of hydrogen-bond acceptors (Lipinski definition) is 6. The van der Waals surface area contributed by atoms with Crippen molar-refractivity contribution in [3.63, 3.8) is 0 Å². The highest BCUT2D eigenvalue weighted by Crippen LogP contribution is 2.32. The number of nitrogens with zero attached hydrogens (tertiary/aromatic N) is 4. The van der Waals surface area contributed by atoms with Crippen molar-refractivity contribution in [2.45, 2.75) is 13.8 Å². The van der Waals surface area contributed by atoms with Gasteiger partial charge in [-0.05, 0) is 61.9 Å². The molecule has 34 heavy (non-hydrogen) atoms. The van der Waals surface area contributed by atoms with Gasteiger partial charge in [0, 0.05) is 27.9 Å². The lowest BCUT2D eigenvalue weighted by Crippen LogP contribution is -2.09. The van der Waals surface area contributed by atoms with E-state index in [1.54, 1.807) is 40.9 Å².